The molecule has 4 rings (SSSR count). The maximum atomic E-state index is 12.4. The van der Waals surface area contributed by atoms with Crippen molar-refractivity contribution in [2.24, 2.45) is 4.99 Å². The molecule has 0 unspecified atom stereocenters. The zero-order valence-corrected chi connectivity index (χ0v) is 13.6. The highest BCUT2D eigenvalue weighted by Gasteiger charge is 2.32. The zero-order valence-electron chi connectivity index (χ0n) is 13.6. The van der Waals surface area contributed by atoms with E-state index < -0.39 is 11.9 Å². The van der Waals surface area contributed by atoms with E-state index in [-0.39, 0.29) is 5.70 Å². The van der Waals surface area contributed by atoms with Crippen LogP contribution in [0.5, 0.6) is 5.75 Å². The number of nitrogens with zero attached hydrogens (tertiary/aromatic N) is 1. The lowest BCUT2D eigenvalue weighted by Gasteiger charge is -2.09. The van der Waals surface area contributed by atoms with Gasteiger partial charge in [-0.05, 0) is 42.2 Å². The quantitative estimate of drug-likeness (QED) is 0.481. The first-order chi connectivity index (χ1) is 12.1. The number of rotatable bonds is 2. The fraction of sp³-hybridized carbons (Fsp3) is 0.150. The third-order valence-electron chi connectivity index (χ3n) is 4.21. The molecule has 0 saturated heterocycles. The van der Waals surface area contributed by atoms with Gasteiger partial charge in [0.1, 0.15) is 5.75 Å². The molecule has 1 heterocycles. The maximum absolute atomic E-state index is 12.4. The fourth-order valence-electron chi connectivity index (χ4n) is 3.19. The van der Waals surface area contributed by atoms with Crippen molar-refractivity contribution in [2.45, 2.75) is 19.8 Å². The number of aryl methyl sites for hydroxylation is 1. The molecule has 1 aliphatic carbocycles. The van der Waals surface area contributed by atoms with Crippen LogP contribution in [0.1, 0.15) is 30.0 Å². The normalized spacial score (nSPS) is 18.6. The van der Waals surface area contributed by atoms with E-state index in [1.807, 2.05) is 42.5 Å². The summed E-state index contributed by atoms with van der Waals surface area (Å²) in [5.74, 6) is -0.112. The van der Waals surface area contributed by atoms with Crippen molar-refractivity contribution in [3.63, 3.8) is 0 Å². The van der Waals surface area contributed by atoms with Crippen molar-refractivity contribution in [1.82, 2.24) is 0 Å². The van der Waals surface area contributed by atoms with Crippen LogP contribution in [0.4, 0.5) is 0 Å². The van der Waals surface area contributed by atoms with Crippen LogP contribution in [0, 0.1) is 0 Å². The van der Waals surface area contributed by atoms with Gasteiger partial charge in [-0.1, -0.05) is 30.3 Å². The predicted molar refractivity (Wildman–Crippen MR) is 92.1 cm³/mol. The maximum Gasteiger partial charge on any atom is 0.364 e. The van der Waals surface area contributed by atoms with Crippen molar-refractivity contribution in [3.05, 3.63) is 70.9 Å². The molecule has 2 aliphatic rings. The molecule has 2 aromatic rings. The predicted octanol–water partition coefficient (Wildman–Crippen LogP) is 3.27. The lowest BCUT2D eigenvalue weighted by atomic mass is 10.0. The lowest BCUT2D eigenvalue weighted by molar-refractivity contribution is -0.132. The van der Waals surface area contributed by atoms with Crippen molar-refractivity contribution >= 4 is 23.4 Å². The highest BCUT2D eigenvalue weighted by atomic mass is 16.6. The number of hydrogen-bond donors (Lipinski definition) is 0. The number of aliphatic imine (C=N–C) groups is 1. The van der Waals surface area contributed by atoms with Gasteiger partial charge in [-0.2, -0.15) is 0 Å². The first-order valence-corrected chi connectivity index (χ1v) is 8.03. The largest absolute Gasteiger partial charge is 0.426 e. The van der Waals surface area contributed by atoms with E-state index in [0.717, 1.165) is 28.7 Å². The molecule has 0 atom stereocenters. The first kappa shape index (κ1) is 15.3. The van der Waals surface area contributed by atoms with Crippen LogP contribution in [0.2, 0.25) is 0 Å². The van der Waals surface area contributed by atoms with E-state index in [9.17, 15) is 9.59 Å². The van der Waals surface area contributed by atoms with E-state index >= 15 is 0 Å². The van der Waals surface area contributed by atoms with Crippen molar-refractivity contribution < 1.29 is 19.1 Å². The average Bonchev–Trinajstić information content (AvgIpc) is 3.19. The summed E-state index contributed by atoms with van der Waals surface area (Å²) >= 11 is 0. The van der Waals surface area contributed by atoms with E-state index in [1.165, 1.54) is 6.92 Å². The van der Waals surface area contributed by atoms with E-state index in [1.54, 1.807) is 6.07 Å². The SMILES string of the molecule is CC(=O)Oc1cccc2c1/C(=C1\N=C(c3ccccc3)OC1=O)CC2. The van der Waals surface area contributed by atoms with Crippen LogP contribution in [0.3, 0.4) is 0 Å². The second-order valence-electron chi connectivity index (χ2n) is 5.88. The highest BCUT2D eigenvalue weighted by Crippen LogP contribution is 2.42. The summed E-state index contributed by atoms with van der Waals surface area (Å²) in [4.78, 5) is 28.2. The molecule has 0 bridgehead atoms. The van der Waals surface area contributed by atoms with Crippen molar-refractivity contribution in [1.29, 1.82) is 0 Å². The summed E-state index contributed by atoms with van der Waals surface area (Å²) in [6.07, 6.45) is 1.43. The van der Waals surface area contributed by atoms with Crippen LogP contribution < -0.4 is 4.74 Å². The van der Waals surface area contributed by atoms with Crippen LogP contribution in [0.25, 0.3) is 5.57 Å². The van der Waals surface area contributed by atoms with Gasteiger partial charge in [0.15, 0.2) is 5.70 Å². The third-order valence-corrected chi connectivity index (χ3v) is 4.21. The van der Waals surface area contributed by atoms with Crippen LogP contribution >= 0.6 is 0 Å². The van der Waals surface area contributed by atoms with Crippen LogP contribution in [-0.4, -0.2) is 17.8 Å². The molecule has 0 aromatic heterocycles. The minimum absolute atomic E-state index is 0.289. The van der Waals surface area contributed by atoms with E-state index in [2.05, 4.69) is 4.99 Å². The van der Waals surface area contributed by atoms with Gasteiger partial charge in [-0.3, -0.25) is 4.79 Å². The topological polar surface area (TPSA) is 65.0 Å². The van der Waals surface area contributed by atoms with Crippen molar-refractivity contribution in [3.8, 4) is 5.75 Å². The molecule has 25 heavy (non-hydrogen) atoms. The molecule has 0 amide bonds. The molecule has 0 N–H and O–H groups in total. The number of carbonyl (C=O) groups is 2. The Balaban J connectivity index is 1.83. The Labute approximate surface area is 144 Å². The Bertz CT molecular complexity index is 941. The number of ether oxygens (including phenoxy) is 2. The standard InChI is InChI=1S/C20H15NO4/c1-12(22)24-16-9-5-8-13-10-11-15(17(13)16)18-20(23)25-19(21-18)14-6-3-2-4-7-14/h2-9H,10-11H2,1H3/b18-15-. The third kappa shape index (κ3) is 2.74. The van der Waals surface area contributed by atoms with Gasteiger partial charge in [-0.15, -0.1) is 0 Å². The van der Waals surface area contributed by atoms with Gasteiger partial charge in [-0.25, -0.2) is 9.79 Å². The molecule has 0 radical (unpaired) electrons. The number of carbonyl (C=O) groups excluding carboxylic acids is 2. The molecular formula is C20H15NO4. The Hall–Kier alpha value is -3.21. The summed E-state index contributed by atoms with van der Waals surface area (Å²) in [7, 11) is 0. The molecule has 1 aliphatic heterocycles. The highest BCUT2D eigenvalue weighted by molar-refractivity contribution is 6.14. The number of esters is 2. The van der Waals surface area contributed by atoms with Crippen LogP contribution in [-0.2, 0) is 20.7 Å². The molecular weight excluding hydrogens is 318 g/mol. The molecule has 0 saturated carbocycles. The van der Waals surface area contributed by atoms with Gasteiger partial charge < -0.3 is 9.47 Å². The minimum atomic E-state index is -0.473. The minimum Gasteiger partial charge on any atom is -0.426 e. The van der Waals surface area contributed by atoms with Gasteiger partial charge in [0.2, 0.25) is 5.90 Å². The molecule has 2 aromatic carbocycles. The monoisotopic (exact) mass is 333 g/mol. The Morgan fingerprint density at radius 1 is 1.08 bits per heavy atom. The molecule has 124 valence electrons. The number of benzene rings is 2. The number of fused-ring (bicyclic) bond motifs is 1. The van der Waals surface area contributed by atoms with Gasteiger partial charge >= 0.3 is 11.9 Å². The van der Waals surface area contributed by atoms with Gasteiger partial charge in [0.25, 0.3) is 0 Å². The number of cyclic esters (lactones) is 1. The van der Waals surface area contributed by atoms with Crippen molar-refractivity contribution in [2.75, 3.05) is 0 Å². The Morgan fingerprint density at radius 3 is 2.64 bits per heavy atom. The lowest BCUT2D eigenvalue weighted by Crippen LogP contribution is -2.06. The van der Waals surface area contributed by atoms with Gasteiger partial charge in [0.05, 0.1) is 0 Å². The number of allylic oxidation sites excluding steroid dienone is 1. The summed E-state index contributed by atoms with van der Waals surface area (Å²) < 4.78 is 10.7. The summed E-state index contributed by atoms with van der Waals surface area (Å²) in [5.41, 5.74) is 3.62. The molecule has 0 fully saturated rings. The van der Waals surface area contributed by atoms with Gasteiger partial charge in [0, 0.05) is 18.1 Å². The second kappa shape index (κ2) is 6.02. The molecule has 0 spiro atoms. The Kier molecular flexibility index (Phi) is 3.69. The summed E-state index contributed by atoms with van der Waals surface area (Å²) in [6.45, 7) is 1.36. The average molecular weight is 333 g/mol. The summed E-state index contributed by atoms with van der Waals surface area (Å²) in [5, 5.41) is 0. The molecule has 5 heteroatoms. The van der Waals surface area contributed by atoms with E-state index in [0.29, 0.717) is 18.1 Å². The first-order valence-electron chi connectivity index (χ1n) is 8.03. The smallest absolute Gasteiger partial charge is 0.364 e. The zero-order chi connectivity index (χ0) is 17.4. The Morgan fingerprint density at radius 2 is 1.88 bits per heavy atom. The second-order valence-corrected chi connectivity index (χ2v) is 5.88. The molecule has 5 nitrogen and oxygen atoms in total. The van der Waals surface area contributed by atoms with E-state index in [4.69, 9.17) is 9.47 Å². The summed E-state index contributed by atoms with van der Waals surface area (Å²) in [6, 6.07) is 14.8. The fourth-order valence-corrected chi connectivity index (χ4v) is 3.19. The number of hydrogen-bond acceptors (Lipinski definition) is 5. The van der Waals surface area contributed by atoms with Crippen LogP contribution in [0.15, 0.2) is 59.2 Å².